The van der Waals surface area contributed by atoms with Crippen molar-refractivity contribution in [3.63, 3.8) is 0 Å². The normalized spacial score (nSPS) is 17.0. The number of nitriles is 1. The molecule has 3 heterocycles. The average Bonchev–Trinajstić information content (AvgIpc) is 3.67. The molecule has 1 saturated carbocycles. The van der Waals surface area contributed by atoms with E-state index in [2.05, 4.69) is 20.5 Å². The Morgan fingerprint density at radius 2 is 2.00 bits per heavy atom. The SMILES string of the molecule is N#CCC1(Cn2c(CN3CCC(Oc4cccc(C=[SH]c5ccc(Cl)cc5F)n4)CC3)nc3ccc(C(=O)O)cc32)CC1. The molecular formula is C32H31ClFN5O3S. The van der Waals surface area contributed by atoms with Crippen LogP contribution < -0.4 is 4.74 Å². The number of carbonyl (C=O) groups is 1. The lowest BCUT2D eigenvalue weighted by Gasteiger charge is -2.32. The van der Waals surface area contributed by atoms with Gasteiger partial charge in [-0.1, -0.05) is 17.7 Å². The summed E-state index contributed by atoms with van der Waals surface area (Å²) in [5.74, 6) is 0.119. The Morgan fingerprint density at radius 1 is 1.19 bits per heavy atom. The van der Waals surface area contributed by atoms with Gasteiger partial charge in [0.25, 0.3) is 0 Å². The van der Waals surface area contributed by atoms with E-state index in [9.17, 15) is 19.6 Å². The zero-order valence-electron chi connectivity index (χ0n) is 23.4. The van der Waals surface area contributed by atoms with Gasteiger partial charge in [0.05, 0.1) is 34.9 Å². The molecule has 6 rings (SSSR count). The fourth-order valence-electron chi connectivity index (χ4n) is 5.52. The number of imidazole rings is 1. The molecule has 4 aromatic rings. The number of thiol groups is 1. The molecule has 1 aliphatic heterocycles. The molecule has 2 aromatic heterocycles. The third kappa shape index (κ3) is 6.90. The van der Waals surface area contributed by atoms with Crippen molar-refractivity contribution in [1.82, 2.24) is 19.4 Å². The van der Waals surface area contributed by atoms with Crippen LogP contribution in [-0.4, -0.2) is 55.1 Å². The van der Waals surface area contributed by atoms with Crippen molar-refractivity contribution in [2.75, 3.05) is 13.1 Å². The second kappa shape index (κ2) is 12.4. The van der Waals surface area contributed by atoms with Gasteiger partial charge in [-0.05, 0) is 73.5 Å². The van der Waals surface area contributed by atoms with Crippen LogP contribution in [0.4, 0.5) is 4.39 Å². The first-order valence-corrected chi connectivity index (χ1v) is 15.6. The number of carboxylic acids is 1. The molecule has 43 heavy (non-hydrogen) atoms. The number of pyridine rings is 1. The predicted molar refractivity (Wildman–Crippen MR) is 166 cm³/mol. The lowest BCUT2D eigenvalue weighted by Crippen LogP contribution is -2.38. The summed E-state index contributed by atoms with van der Waals surface area (Å²) in [6.07, 6.45) is 4.14. The van der Waals surface area contributed by atoms with Crippen LogP contribution in [0.3, 0.4) is 0 Å². The van der Waals surface area contributed by atoms with Crippen molar-refractivity contribution >= 4 is 45.3 Å². The summed E-state index contributed by atoms with van der Waals surface area (Å²) in [6, 6.07) is 17.6. The number of likely N-dealkylation sites (tertiary alicyclic amines) is 1. The van der Waals surface area contributed by atoms with E-state index in [-0.39, 0.29) is 22.9 Å². The topological polar surface area (TPSA) is 104 Å². The fourth-order valence-corrected chi connectivity index (χ4v) is 6.44. The molecule has 0 spiro atoms. The molecule has 0 unspecified atom stereocenters. The maximum Gasteiger partial charge on any atom is 0.335 e. The van der Waals surface area contributed by atoms with Crippen molar-refractivity contribution in [2.45, 2.75) is 56.2 Å². The molecule has 2 aliphatic rings. The standard InChI is InChI=1S/C32H31ClFN5O3S/c33-22-5-7-28(25(34)17-22)43-19-23-2-1-3-30(36-23)42-24-8-14-38(15-9-24)18-29-37-26-6-4-21(31(40)41)16-27(26)39(29)20-32(10-11-32)12-13-35/h1-7,16-17,19,24,43H,8-12,14-15,18,20H2,(H,40,41). The lowest BCUT2D eigenvalue weighted by atomic mass is 10.0. The zero-order valence-corrected chi connectivity index (χ0v) is 25.1. The Kier molecular flexibility index (Phi) is 8.48. The molecule has 2 fully saturated rings. The summed E-state index contributed by atoms with van der Waals surface area (Å²) in [6.45, 7) is 2.93. The molecule has 0 radical (unpaired) electrons. The Labute approximate surface area is 257 Å². The van der Waals surface area contributed by atoms with Gasteiger partial charge in [-0.3, -0.25) is 4.90 Å². The highest BCUT2D eigenvalue weighted by Crippen LogP contribution is 2.50. The number of nitrogens with zero attached hydrogens (tertiary/aromatic N) is 5. The second-order valence-electron chi connectivity index (χ2n) is 11.3. The van der Waals surface area contributed by atoms with Crippen LogP contribution in [0.2, 0.25) is 5.02 Å². The monoisotopic (exact) mass is 619 g/mol. The summed E-state index contributed by atoms with van der Waals surface area (Å²) < 4.78 is 22.5. The molecule has 222 valence electrons. The minimum absolute atomic E-state index is 0.0209. The predicted octanol–water partition coefficient (Wildman–Crippen LogP) is 6.33. The number of halogens is 2. The smallest absolute Gasteiger partial charge is 0.335 e. The van der Waals surface area contributed by atoms with E-state index in [4.69, 9.17) is 21.3 Å². The van der Waals surface area contributed by atoms with Gasteiger partial charge in [-0.2, -0.15) is 16.6 Å². The van der Waals surface area contributed by atoms with E-state index in [0.717, 1.165) is 55.6 Å². The minimum atomic E-state index is -0.968. The molecule has 1 N–H and O–H groups in total. The van der Waals surface area contributed by atoms with Gasteiger partial charge < -0.3 is 14.4 Å². The molecule has 2 aromatic carbocycles. The number of carboxylic acid groups (broad SMARTS) is 1. The highest BCUT2D eigenvalue weighted by molar-refractivity contribution is 7.97. The number of benzene rings is 2. The van der Waals surface area contributed by atoms with Gasteiger partial charge in [0, 0.05) is 47.5 Å². The highest BCUT2D eigenvalue weighted by Gasteiger charge is 2.43. The number of fused-ring (bicyclic) bond motifs is 1. The van der Waals surface area contributed by atoms with E-state index in [1.807, 2.05) is 23.6 Å². The van der Waals surface area contributed by atoms with E-state index >= 15 is 0 Å². The van der Waals surface area contributed by atoms with Crippen LogP contribution in [0.15, 0.2) is 59.5 Å². The number of ether oxygens (including phenoxy) is 1. The average molecular weight is 620 g/mol. The number of piperidine rings is 1. The third-order valence-electron chi connectivity index (χ3n) is 8.16. The molecule has 8 nitrogen and oxygen atoms in total. The number of hydrogen-bond acceptors (Lipinski definition) is 6. The van der Waals surface area contributed by atoms with Crippen molar-refractivity contribution in [2.24, 2.45) is 5.41 Å². The van der Waals surface area contributed by atoms with Crippen LogP contribution in [0.25, 0.3) is 11.0 Å². The van der Waals surface area contributed by atoms with Crippen molar-refractivity contribution in [1.29, 1.82) is 5.26 Å². The molecule has 1 saturated heterocycles. The van der Waals surface area contributed by atoms with Gasteiger partial charge in [0.15, 0.2) is 0 Å². The van der Waals surface area contributed by atoms with E-state index in [0.29, 0.717) is 52.4 Å². The Morgan fingerprint density at radius 3 is 2.72 bits per heavy atom. The van der Waals surface area contributed by atoms with Crippen molar-refractivity contribution in [3.05, 3.63) is 82.5 Å². The Bertz CT molecular complexity index is 1740. The zero-order chi connectivity index (χ0) is 30.0. The van der Waals surface area contributed by atoms with E-state index < -0.39 is 5.97 Å². The van der Waals surface area contributed by atoms with Crippen LogP contribution in [-0.2, 0) is 13.1 Å². The summed E-state index contributed by atoms with van der Waals surface area (Å²) in [7, 11) is 0. The third-order valence-corrected chi connectivity index (χ3v) is 9.43. The lowest BCUT2D eigenvalue weighted by molar-refractivity contribution is 0.0697. The minimum Gasteiger partial charge on any atom is -0.478 e. The molecule has 0 atom stereocenters. The Hall–Kier alpha value is -3.78. The maximum atomic E-state index is 14.1. The van der Waals surface area contributed by atoms with Crippen molar-refractivity contribution in [3.8, 4) is 11.9 Å². The molecule has 11 heteroatoms. The number of rotatable bonds is 10. The number of aromatic nitrogens is 3. The molecular weight excluding hydrogens is 589 g/mol. The first-order chi connectivity index (χ1) is 20.8. The number of aromatic carboxylic acids is 1. The first kappa shape index (κ1) is 29.3. The van der Waals surface area contributed by atoms with Crippen LogP contribution >= 0.6 is 23.0 Å². The summed E-state index contributed by atoms with van der Waals surface area (Å²) in [4.78, 5) is 24.0. The van der Waals surface area contributed by atoms with Gasteiger partial charge in [-0.15, -0.1) is 0 Å². The van der Waals surface area contributed by atoms with Gasteiger partial charge in [0.1, 0.15) is 17.7 Å². The summed E-state index contributed by atoms with van der Waals surface area (Å²) >= 11 is 6.54. The highest BCUT2D eigenvalue weighted by atomic mass is 35.5. The summed E-state index contributed by atoms with van der Waals surface area (Å²) in [5.41, 5.74) is 2.46. The van der Waals surface area contributed by atoms with Gasteiger partial charge in [-0.25, -0.2) is 19.2 Å². The van der Waals surface area contributed by atoms with Gasteiger partial charge >= 0.3 is 5.97 Å². The van der Waals surface area contributed by atoms with E-state index in [1.54, 1.807) is 30.3 Å². The quantitative estimate of drug-likeness (QED) is 0.158. The van der Waals surface area contributed by atoms with Crippen molar-refractivity contribution < 1.29 is 19.0 Å². The largest absolute Gasteiger partial charge is 0.478 e. The van der Waals surface area contributed by atoms with Gasteiger partial charge in [0.2, 0.25) is 5.88 Å². The fraction of sp³-hybridized carbons (Fsp3) is 0.344. The number of hydrogen-bond donors (Lipinski definition) is 2. The summed E-state index contributed by atoms with van der Waals surface area (Å²) in [5, 5.41) is 21.1. The molecule has 0 amide bonds. The van der Waals surface area contributed by atoms with E-state index in [1.165, 1.54) is 6.07 Å². The molecule has 0 bridgehead atoms. The van der Waals surface area contributed by atoms with Crippen LogP contribution in [0, 0.1) is 22.6 Å². The second-order valence-corrected chi connectivity index (χ2v) is 12.7. The Balaban J connectivity index is 1.11. The van der Waals surface area contributed by atoms with Crippen LogP contribution in [0.1, 0.15) is 54.0 Å². The molecule has 1 aliphatic carbocycles. The maximum absolute atomic E-state index is 14.1. The first-order valence-electron chi connectivity index (χ1n) is 14.3. The van der Waals surface area contributed by atoms with Crippen LogP contribution in [0.5, 0.6) is 5.88 Å².